The van der Waals surface area contributed by atoms with E-state index in [1.165, 1.54) is 63.6 Å². The maximum absolute atomic E-state index is 2.52. The molecule has 0 aliphatic heterocycles. The van der Waals surface area contributed by atoms with Gasteiger partial charge >= 0.3 is 0 Å². The normalized spacial score (nSPS) is 12.4. The van der Waals surface area contributed by atoms with Crippen LogP contribution in [0.25, 0.3) is 0 Å². The molecular formula is C61H58NP4Si. The van der Waals surface area contributed by atoms with E-state index in [9.17, 15) is 0 Å². The van der Waals surface area contributed by atoms with Crippen molar-refractivity contribution in [3.05, 3.63) is 260 Å². The largest absolute Gasteiger partial charge is 0.305 e. The number of hydrogen-bond donors (Lipinski definition) is 0. The van der Waals surface area contributed by atoms with Gasteiger partial charge in [0.25, 0.3) is 0 Å². The Morgan fingerprint density at radius 1 is 0.284 bits per heavy atom. The van der Waals surface area contributed by atoms with Gasteiger partial charge in [-0.3, -0.25) is 0 Å². The zero-order chi connectivity index (χ0) is 45.6. The number of benzene rings is 9. The lowest BCUT2D eigenvalue weighted by atomic mass is 10.2. The smallest absolute Gasteiger partial charge is 0.156 e. The van der Waals surface area contributed by atoms with Crippen molar-refractivity contribution in [2.24, 2.45) is 0 Å². The topological polar surface area (TPSA) is 3.24 Å². The van der Waals surface area contributed by atoms with Crippen LogP contribution in [0.2, 0.25) is 0 Å². The van der Waals surface area contributed by atoms with Crippen LogP contribution in [0.1, 0.15) is 5.56 Å². The lowest BCUT2D eigenvalue weighted by Crippen LogP contribution is -2.61. The third-order valence-corrected chi connectivity index (χ3v) is 26.5. The van der Waals surface area contributed by atoms with E-state index < -0.39 is 40.5 Å². The van der Waals surface area contributed by atoms with Crippen molar-refractivity contribution >= 4 is 98.5 Å². The fourth-order valence-electron chi connectivity index (χ4n) is 9.16. The molecule has 67 heavy (non-hydrogen) atoms. The maximum Gasteiger partial charge on any atom is 0.156 e. The molecule has 2 atom stereocenters. The van der Waals surface area contributed by atoms with Crippen molar-refractivity contribution in [3.8, 4) is 0 Å². The Bertz CT molecular complexity index is 2630. The van der Waals surface area contributed by atoms with E-state index in [2.05, 4.69) is 274 Å². The Kier molecular flexibility index (Phi) is 16.6. The lowest BCUT2D eigenvalue weighted by Gasteiger charge is -2.31. The predicted octanol–water partition coefficient (Wildman–Crippen LogP) is 9.40. The monoisotopic (exact) mass is 956 g/mol. The second-order valence-corrected chi connectivity index (χ2v) is 28.6. The highest BCUT2D eigenvalue weighted by Gasteiger charge is 2.32. The molecule has 9 rings (SSSR count). The molecule has 0 aliphatic rings. The van der Waals surface area contributed by atoms with E-state index in [-0.39, 0.29) is 0 Å². The average Bonchev–Trinajstić information content (AvgIpc) is 3.39. The van der Waals surface area contributed by atoms with Crippen LogP contribution in [-0.2, 0) is 6.54 Å². The molecule has 9 aromatic carbocycles. The predicted molar refractivity (Wildman–Crippen MR) is 304 cm³/mol. The zero-order valence-corrected chi connectivity index (χ0v) is 43.1. The number of hydrogen-bond acceptors (Lipinski definition) is 1. The highest BCUT2D eigenvalue weighted by atomic mass is 31.1. The van der Waals surface area contributed by atoms with Crippen molar-refractivity contribution in [1.82, 2.24) is 4.90 Å². The summed E-state index contributed by atoms with van der Waals surface area (Å²) in [4.78, 5) is 2.34. The minimum absolute atomic E-state index is 0.552. The Morgan fingerprint density at radius 3 is 0.866 bits per heavy atom. The summed E-state index contributed by atoms with van der Waals surface area (Å²) in [6, 6.07) is 96.9. The van der Waals surface area contributed by atoms with E-state index in [0.29, 0.717) is 0 Å². The number of rotatable bonds is 19. The maximum atomic E-state index is 2.52. The third-order valence-electron chi connectivity index (χ3n) is 12.2. The highest BCUT2D eigenvalue weighted by molar-refractivity contribution is 7.78. The van der Waals surface area contributed by atoms with Gasteiger partial charge in [0.05, 0.1) is 0 Å². The molecule has 0 saturated heterocycles. The van der Waals surface area contributed by atoms with E-state index >= 15 is 0 Å². The molecule has 1 radical (unpaired) electrons. The van der Waals surface area contributed by atoms with Crippen LogP contribution in [0.4, 0.5) is 0 Å². The molecule has 0 fully saturated rings. The molecular weight excluding hydrogens is 899 g/mol. The van der Waals surface area contributed by atoms with Crippen molar-refractivity contribution in [3.63, 3.8) is 0 Å². The van der Waals surface area contributed by atoms with Crippen LogP contribution in [-0.4, -0.2) is 52.4 Å². The Morgan fingerprint density at radius 2 is 0.537 bits per heavy atom. The first-order valence-corrected chi connectivity index (χ1v) is 30.9. The summed E-state index contributed by atoms with van der Waals surface area (Å²) in [7, 11) is 0.297. The molecule has 2 unspecified atom stereocenters. The summed E-state index contributed by atoms with van der Waals surface area (Å²) < 4.78 is 0. The van der Waals surface area contributed by atoms with E-state index in [4.69, 9.17) is 0 Å². The first kappa shape index (κ1) is 47.0. The first-order valence-electron chi connectivity index (χ1n) is 23.3. The van der Waals surface area contributed by atoms with Crippen LogP contribution in [0.5, 0.6) is 0 Å². The van der Waals surface area contributed by atoms with Crippen molar-refractivity contribution in [2.75, 3.05) is 38.7 Å². The molecule has 331 valence electrons. The molecule has 0 N–H and O–H groups in total. The summed E-state index contributed by atoms with van der Waals surface area (Å²) in [6.07, 6.45) is 4.47. The SMILES string of the molecule is CN(C)Cc1ccccc1[Si](c1ccccc1P(CCP(c1ccccc1)c1ccccc1)c1ccccc1)c1ccccc1P(CCP(c1ccccc1)c1ccccc1)c1ccccc1. The van der Waals surface area contributed by atoms with Gasteiger partial charge in [0.2, 0.25) is 0 Å². The quantitative estimate of drug-likeness (QED) is 0.0444. The van der Waals surface area contributed by atoms with Gasteiger partial charge in [0.15, 0.2) is 8.80 Å². The van der Waals surface area contributed by atoms with Gasteiger partial charge in [0, 0.05) is 6.54 Å². The second-order valence-electron chi connectivity index (χ2n) is 16.9. The van der Waals surface area contributed by atoms with Crippen LogP contribution in [0.15, 0.2) is 255 Å². The fourth-order valence-corrected chi connectivity index (χ4v) is 24.3. The molecule has 0 spiro atoms. The van der Waals surface area contributed by atoms with E-state index in [1.54, 1.807) is 0 Å². The standard InChI is InChI=1S/C61H58NP4Si/c1-62(2)49-50-27-21-24-42-59(50)67(60-43-25-22-40-57(60)65(55-36-17-7-18-37-55)47-45-63(51-28-9-3-10-29-51)52-30-11-4-12-31-52)61-44-26-23-41-58(61)66(56-38-19-8-20-39-56)48-46-64(53-32-13-5-14-33-53)54-34-15-6-16-35-54/h3-44H,45-49H2,1-2H3. The van der Waals surface area contributed by atoms with Gasteiger partial charge in [-0.2, -0.15) is 0 Å². The van der Waals surface area contributed by atoms with Crippen LogP contribution >= 0.6 is 31.7 Å². The molecule has 0 saturated carbocycles. The molecule has 0 aromatic heterocycles. The Hall–Kier alpha value is -5.12. The molecule has 1 nitrogen and oxygen atoms in total. The summed E-state index contributed by atoms with van der Waals surface area (Å²) >= 11 is 0. The molecule has 0 amide bonds. The van der Waals surface area contributed by atoms with Gasteiger partial charge in [-0.25, -0.2) is 0 Å². The Labute approximate surface area is 406 Å². The van der Waals surface area contributed by atoms with Crippen LogP contribution in [0, 0.1) is 0 Å². The first-order chi connectivity index (χ1) is 33.1. The van der Waals surface area contributed by atoms with Gasteiger partial charge < -0.3 is 4.90 Å². The fraction of sp³-hybridized carbons (Fsp3) is 0.115. The van der Waals surface area contributed by atoms with Gasteiger partial charge in [-0.05, 0) is 134 Å². The zero-order valence-electron chi connectivity index (χ0n) is 38.5. The highest BCUT2D eigenvalue weighted by Crippen LogP contribution is 2.43. The van der Waals surface area contributed by atoms with Gasteiger partial charge in [-0.1, -0.05) is 255 Å². The molecule has 0 heterocycles. The molecule has 9 aromatic rings. The van der Waals surface area contributed by atoms with E-state index in [0.717, 1.165) is 31.2 Å². The van der Waals surface area contributed by atoms with Crippen molar-refractivity contribution in [1.29, 1.82) is 0 Å². The third kappa shape index (κ3) is 11.8. The lowest BCUT2D eigenvalue weighted by molar-refractivity contribution is 0.403. The average molecular weight is 957 g/mol. The minimum atomic E-state index is -1.58. The van der Waals surface area contributed by atoms with Gasteiger partial charge in [0.1, 0.15) is 0 Å². The molecule has 6 heteroatoms. The number of nitrogens with zero attached hydrogens (tertiary/aromatic N) is 1. The second kappa shape index (κ2) is 23.7. The summed E-state index contributed by atoms with van der Waals surface area (Å²) in [5, 5.41) is 16.3. The Balaban J connectivity index is 1.20. The van der Waals surface area contributed by atoms with Crippen molar-refractivity contribution in [2.45, 2.75) is 6.54 Å². The van der Waals surface area contributed by atoms with Crippen LogP contribution in [0.3, 0.4) is 0 Å². The van der Waals surface area contributed by atoms with E-state index in [1.807, 2.05) is 0 Å². The molecule has 0 bridgehead atoms. The van der Waals surface area contributed by atoms with Crippen LogP contribution < -0.4 is 58.0 Å². The minimum Gasteiger partial charge on any atom is -0.305 e. The van der Waals surface area contributed by atoms with Gasteiger partial charge in [-0.15, -0.1) is 0 Å². The van der Waals surface area contributed by atoms with Crippen molar-refractivity contribution < 1.29 is 0 Å². The summed E-state index contributed by atoms with van der Waals surface area (Å²) in [6.45, 7) is 0.895. The summed E-state index contributed by atoms with van der Waals surface area (Å²) in [5.74, 6) is 0. The summed E-state index contributed by atoms with van der Waals surface area (Å²) in [5.41, 5.74) is 1.42. The molecule has 0 aliphatic carbocycles.